The number of aromatic carboxylic acids is 1. The first-order chi connectivity index (χ1) is 6.97. The highest BCUT2D eigenvalue weighted by atomic mass is 35.5. The molecule has 0 aromatic carbocycles. The number of carbonyl (C=O) groups is 1. The van der Waals surface area contributed by atoms with Gasteiger partial charge in [0.1, 0.15) is 11.8 Å². The van der Waals surface area contributed by atoms with E-state index >= 15 is 0 Å². The van der Waals surface area contributed by atoms with Crippen LogP contribution in [0.1, 0.15) is 28.2 Å². The number of halogens is 3. The van der Waals surface area contributed by atoms with Crippen molar-refractivity contribution in [1.82, 2.24) is 4.98 Å². The summed E-state index contributed by atoms with van der Waals surface area (Å²) in [6.45, 7) is 0. The molecule has 0 aliphatic rings. The van der Waals surface area contributed by atoms with Crippen LogP contribution in [0.2, 0.25) is 5.02 Å². The average Bonchev–Trinajstić information content (AvgIpc) is 2.17. The maximum atomic E-state index is 12.3. The Morgan fingerprint density at radius 2 is 2.27 bits per heavy atom. The molecule has 0 bridgehead atoms. The van der Waals surface area contributed by atoms with Gasteiger partial charge in [0.25, 0.3) is 6.43 Å². The maximum absolute atomic E-state index is 12.3. The van der Waals surface area contributed by atoms with Crippen LogP contribution in [0.4, 0.5) is 8.78 Å². The number of nitriles is 1. The topological polar surface area (TPSA) is 74.0 Å². The number of rotatable bonds is 2. The summed E-state index contributed by atoms with van der Waals surface area (Å²) in [5.74, 6) is -1.56. The Morgan fingerprint density at radius 1 is 1.67 bits per heavy atom. The van der Waals surface area contributed by atoms with Crippen molar-refractivity contribution in [3.05, 3.63) is 28.0 Å². The number of aromatic nitrogens is 1. The van der Waals surface area contributed by atoms with Crippen LogP contribution in [0.15, 0.2) is 6.07 Å². The zero-order chi connectivity index (χ0) is 11.6. The molecule has 1 aromatic heterocycles. The van der Waals surface area contributed by atoms with Crippen LogP contribution in [0.5, 0.6) is 0 Å². The third-order valence-electron chi connectivity index (χ3n) is 1.52. The average molecular weight is 233 g/mol. The minimum absolute atomic E-state index is 0.334. The molecule has 4 nitrogen and oxygen atoms in total. The Labute approximate surface area is 87.7 Å². The van der Waals surface area contributed by atoms with Gasteiger partial charge in [0.05, 0.1) is 10.6 Å². The molecule has 1 heterocycles. The SMILES string of the molecule is N#Cc1cc(C(F)F)nc(C(=O)O)c1Cl. The van der Waals surface area contributed by atoms with E-state index in [4.69, 9.17) is 22.0 Å². The van der Waals surface area contributed by atoms with Crippen LogP contribution in [0.3, 0.4) is 0 Å². The number of pyridine rings is 1. The quantitative estimate of drug-likeness (QED) is 0.849. The molecule has 0 aliphatic heterocycles. The summed E-state index contributed by atoms with van der Waals surface area (Å²) < 4.78 is 24.5. The van der Waals surface area contributed by atoms with Gasteiger partial charge in [0.15, 0.2) is 5.69 Å². The lowest BCUT2D eigenvalue weighted by atomic mass is 10.2. The lowest BCUT2D eigenvalue weighted by molar-refractivity contribution is 0.0689. The van der Waals surface area contributed by atoms with E-state index in [1.807, 2.05) is 0 Å². The molecule has 0 atom stereocenters. The Morgan fingerprint density at radius 3 is 2.67 bits per heavy atom. The van der Waals surface area contributed by atoms with Gasteiger partial charge in [-0.25, -0.2) is 18.6 Å². The van der Waals surface area contributed by atoms with Gasteiger partial charge in [-0.3, -0.25) is 0 Å². The molecule has 0 fully saturated rings. The van der Waals surface area contributed by atoms with Crippen LogP contribution >= 0.6 is 11.6 Å². The van der Waals surface area contributed by atoms with Gasteiger partial charge >= 0.3 is 5.97 Å². The fraction of sp³-hybridized carbons (Fsp3) is 0.125. The summed E-state index contributed by atoms with van der Waals surface area (Å²) in [4.78, 5) is 13.7. The Balaban J connectivity index is 3.47. The van der Waals surface area contributed by atoms with Gasteiger partial charge in [-0.2, -0.15) is 5.26 Å². The zero-order valence-electron chi connectivity index (χ0n) is 7.04. The first kappa shape index (κ1) is 11.3. The van der Waals surface area contributed by atoms with E-state index in [0.717, 1.165) is 6.07 Å². The second-order valence-corrected chi connectivity index (χ2v) is 2.85. The fourth-order valence-corrected chi connectivity index (χ4v) is 1.10. The molecule has 1 N–H and O–H groups in total. The van der Waals surface area contributed by atoms with Crippen molar-refractivity contribution in [3.8, 4) is 6.07 Å². The molecule has 1 aromatic rings. The van der Waals surface area contributed by atoms with Crippen molar-refractivity contribution in [3.63, 3.8) is 0 Å². The molecular weight excluding hydrogens is 230 g/mol. The van der Waals surface area contributed by atoms with Crippen LogP contribution < -0.4 is 0 Å². The van der Waals surface area contributed by atoms with E-state index in [-0.39, 0.29) is 5.56 Å². The first-order valence-electron chi connectivity index (χ1n) is 3.59. The molecule has 0 spiro atoms. The molecular formula is C8H3ClF2N2O2. The van der Waals surface area contributed by atoms with Crippen molar-refractivity contribution in [2.45, 2.75) is 6.43 Å². The minimum Gasteiger partial charge on any atom is -0.476 e. The highest BCUT2D eigenvalue weighted by Gasteiger charge is 2.20. The summed E-state index contributed by atoms with van der Waals surface area (Å²) in [5.41, 5.74) is -1.86. The molecule has 0 radical (unpaired) electrons. The van der Waals surface area contributed by atoms with E-state index in [0.29, 0.717) is 0 Å². The summed E-state index contributed by atoms with van der Waals surface area (Å²) in [6.07, 6.45) is -2.95. The molecule has 1 rings (SSSR count). The number of hydrogen-bond acceptors (Lipinski definition) is 3. The van der Waals surface area contributed by atoms with E-state index in [9.17, 15) is 13.6 Å². The highest BCUT2D eigenvalue weighted by Crippen LogP contribution is 2.25. The van der Waals surface area contributed by atoms with Crippen LogP contribution in [0.25, 0.3) is 0 Å². The van der Waals surface area contributed by atoms with Crippen molar-refractivity contribution in [2.75, 3.05) is 0 Å². The van der Waals surface area contributed by atoms with Crippen molar-refractivity contribution in [2.24, 2.45) is 0 Å². The van der Waals surface area contributed by atoms with Crippen LogP contribution in [-0.4, -0.2) is 16.1 Å². The van der Waals surface area contributed by atoms with Gasteiger partial charge in [0, 0.05) is 0 Å². The van der Waals surface area contributed by atoms with Gasteiger partial charge in [-0.05, 0) is 6.07 Å². The monoisotopic (exact) mass is 232 g/mol. The molecule has 7 heteroatoms. The van der Waals surface area contributed by atoms with E-state index < -0.39 is 28.8 Å². The van der Waals surface area contributed by atoms with Gasteiger partial charge < -0.3 is 5.11 Å². The fourth-order valence-electron chi connectivity index (χ4n) is 0.884. The lowest BCUT2D eigenvalue weighted by Crippen LogP contribution is -2.06. The minimum atomic E-state index is -2.95. The van der Waals surface area contributed by atoms with Crippen LogP contribution in [-0.2, 0) is 0 Å². The highest BCUT2D eigenvalue weighted by molar-refractivity contribution is 6.34. The number of carboxylic acid groups (broad SMARTS) is 1. The summed E-state index contributed by atoms with van der Waals surface area (Å²) in [6, 6.07) is 2.28. The molecule has 0 unspecified atom stereocenters. The number of carboxylic acids is 1. The third-order valence-corrected chi connectivity index (χ3v) is 1.91. The smallest absolute Gasteiger partial charge is 0.356 e. The molecule has 78 valence electrons. The van der Waals surface area contributed by atoms with Gasteiger partial charge in [-0.1, -0.05) is 11.6 Å². The predicted molar refractivity (Wildman–Crippen MR) is 45.9 cm³/mol. The second kappa shape index (κ2) is 4.19. The summed E-state index contributed by atoms with van der Waals surface area (Å²) >= 11 is 5.47. The van der Waals surface area contributed by atoms with Crippen molar-refractivity contribution < 1.29 is 18.7 Å². The van der Waals surface area contributed by atoms with E-state index in [1.165, 1.54) is 6.07 Å². The molecule has 0 saturated heterocycles. The second-order valence-electron chi connectivity index (χ2n) is 2.47. The third kappa shape index (κ3) is 2.19. The summed E-state index contributed by atoms with van der Waals surface area (Å²) in [5, 5.41) is 16.7. The molecule has 0 aliphatic carbocycles. The first-order valence-corrected chi connectivity index (χ1v) is 3.97. The molecule has 0 saturated carbocycles. The van der Waals surface area contributed by atoms with E-state index in [2.05, 4.69) is 4.98 Å². The van der Waals surface area contributed by atoms with E-state index in [1.54, 1.807) is 0 Å². The Hall–Kier alpha value is -1.74. The van der Waals surface area contributed by atoms with Gasteiger partial charge in [-0.15, -0.1) is 0 Å². The van der Waals surface area contributed by atoms with Crippen molar-refractivity contribution >= 4 is 17.6 Å². The number of alkyl halides is 2. The van der Waals surface area contributed by atoms with Crippen molar-refractivity contribution in [1.29, 1.82) is 5.26 Å². The number of hydrogen-bond donors (Lipinski definition) is 1. The zero-order valence-corrected chi connectivity index (χ0v) is 7.79. The lowest BCUT2D eigenvalue weighted by Gasteiger charge is -2.04. The normalized spacial score (nSPS) is 10.1. The standard InChI is InChI=1S/C8H3ClF2N2O2/c9-5-3(2-12)1-4(7(10)11)13-6(5)8(14)15/h1,7H,(H,14,15). The number of nitrogens with zero attached hydrogens (tertiary/aromatic N) is 2. The Bertz CT molecular complexity index is 457. The largest absolute Gasteiger partial charge is 0.476 e. The maximum Gasteiger partial charge on any atom is 0.356 e. The predicted octanol–water partition coefficient (Wildman–Crippen LogP) is 2.24. The van der Waals surface area contributed by atoms with Crippen LogP contribution in [0, 0.1) is 11.3 Å². The molecule has 0 amide bonds. The Kier molecular flexibility index (Phi) is 3.17. The summed E-state index contributed by atoms with van der Waals surface area (Å²) in [7, 11) is 0. The molecule has 15 heavy (non-hydrogen) atoms. The van der Waals surface area contributed by atoms with Gasteiger partial charge in [0.2, 0.25) is 0 Å².